The van der Waals surface area contributed by atoms with Crippen LogP contribution in [-0.4, -0.2) is 58.8 Å². The maximum absolute atomic E-state index is 15.3. The maximum Gasteiger partial charge on any atom is 0.126 e. The molecule has 1 aliphatic heterocycles. The van der Waals surface area contributed by atoms with Crippen LogP contribution >= 0.6 is 11.8 Å². The van der Waals surface area contributed by atoms with Crippen molar-refractivity contribution < 1.29 is 14.2 Å². The Balaban J connectivity index is 1.57. The number of ether oxygens (including phenoxy) is 1. The first-order valence-electron chi connectivity index (χ1n) is 11.3. The highest BCUT2D eigenvalue weighted by atomic mass is 32.2. The van der Waals surface area contributed by atoms with Crippen molar-refractivity contribution in [1.82, 2.24) is 9.88 Å². The predicted octanol–water partition coefficient (Wildman–Crippen LogP) is 5.50. The van der Waals surface area contributed by atoms with Crippen LogP contribution in [0.4, 0.5) is 4.39 Å². The van der Waals surface area contributed by atoms with E-state index in [2.05, 4.69) is 30.7 Å². The molecule has 0 spiro atoms. The first-order valence-corrected chi connectivity index (χ1v) is 12.3. The average molecular weight is 449 g/mol. The van der Waals surface area contributed by atoms with Crippen LogP contribution in [0.2, 0.25) is 0 Å². The molecule has 2 heterocycles. The third-order valence-corrected chi connectivity index (χ3v) is 7.52. The fraction of sp³-hybridized carbons (Fsp3) is 0.640. The average Bonchev–Trinajstić information content (AvgIpc) is 2.76. The molecule has 1 aromatic heterocycles. The minimum absolute atomic E-state index is 0.180. The van der Waals surface area contributed by atoms with E-state index in [9.17, 15) is 5.11 Å². The molecule has 31 heavy (non-hydrogen) atoms. The summed E-state index contributed by atoms with van der Waals surface area (Å²) in [6.45, 7) is 9.93. The number of methoxy groups -OCH3 is 1. The van der Waals surface area contributed by atoms with E-state index in [1.807, 2.05) is 30.0 Å². The summed E-state index contributed by atoms with van der Waals surface area (Å²) in [6, 6.07) is 7.38. The lowest BCUT2D eigenvalue weighted by Gasteiger charge is -2.38. The number of nitrogens with zero attached hydrogens (tertiary/aromatic N) is 2. The minimum atomic E-state index is -1.04. The number of likely N-dealkylation sites (tertiary alicyclic amines) is 1. The van der Waals surface area contributed by atoms with E-state index in [0.717, 1.165) is 49.1 Å². The highest BCUT2D eigenvalue weighted by Gasteiger charge is 2.29. The van der Waals surface area contributed by atoms with Gasteiger partial charge in [0.15, 0.2) is 0 Å². The molecule has 6 heteroatoms. The second-order valence-corrected chi connectivity index (χ2v) is 11.5. The number of piperidine rings is 1. The quantitative estimate of drug-likeness (QED) is 0.549. The zero-order valence-corrected chi connectivity index (χ0v) is 20.1. The van der Waals surface area contributed by atoms with Crippen molar-refractivity contribution in [2.24, 2.45) is 11.8 Å². The highest BCUT2D eigenvalue weighted by molar-refractivity contribution is 8.00. The number of hydrogen-bond acceptors (Lipinski definition) is 5. The lowest BCUT2D eigenvalue weighted by Crippen LogP contribution is -2.43. The van der Waals surface area contributed by atoms with Crippen LogP contribution in [-0.2, 0) is 0 Å². The molecular weight excluding hydrogens is 411 g/mol. The van der Waals surface area contributed by atoms with Crippen LogP contribution in [0.25, 0.3) is 10.9 Å². The van der Waals surface area contributed by atoms with E-state index >= 15 is 4.39 Å². The van der Waals surface area contributed by atoms with Gasteiger partial charge in [0.05, 0.1) is 12.6 Å². The SMILES string of the molecule is COc1ccc2nccc(C(F)CC[C@@H]3CCN(CCSC(C)(C)C)C[C@@H]3CO)c2c1. The number of hydrogen-bond donors (Lipinski definition) is 1. The number of fused-ring (bicyclic) bond motifs is 1. The molecule has 1 unspecified atom stereocenters. The van der Waals surface area contributed by atoms with Crippen molar-refractivity contribution in [2.75, 3.05) is 39.1 Å². The summed E-state index contributed by atoms with van der Waals surface area (Å²) in [6.07, 6.45) is 2.94. The topological polar surface area (TPSA) is 45.6 Å². The Kier molecular flexibility index (Phi) is 8.59. The van der Waals surface area contributed by atoms with Crippen molar-refractivity contribution in [1.29, 1.82) is 0 Å². The predicted molar refractivity (Wildman–Crippen MR) is 129 cm³/mol. The van der Waals surface area contributed by atoms with E-state index in [1.165, 1.54) is 0 Å². The maximum atomic E-state index is 15.3. The van der Waals surface area contributed by atoms with Gasteiger partial charge >= 0.3 is 0 Å². The van der Waals surface area contributed by atoms with Crippen LogP contribution in [0.5, 0.6) is 5.75 Å². The molecule has 3 atom stereocenters. The van der Waals surface area contributed by atoms with Crippen molar-refractivity contribution >= 4 is 22.7 Å². The van der Waals surface area contributed by atoms with Gasteiger partial charge in [0, 0.05) is 41.8 Å². The number of halogens is 1. The third kappa shape index (κ3) is 6.80. The first-order chi connectivity index (χ1) is 14.8. The molecular formula is C25H37FN2O2S. The highest BCUT2D eigenvalue weighted by Crippen LogP contribution is 2.35. The molecule has 3 rings (SSSR count). The van der Waals surface area contributed by atoms with Gasteiger partial charge in [0.25, 0.3) is 0 Å². The molecule has 172 valence electrons. The number of pyridine rings is 1. The van der Waals surface area contributed by atoms with Crippen molar-refractivity contribution in [3.63, 3.8) is 0 Å². The van der Waals surface area contributed by atoms with Gasteiger partial charge in [-0.25, -0.2) is 4.39 Å². The molecule has 0 aliphatic carbocycles. The normalized spacial score (nSPS) is 21.4. The second kappa shape index (κ2) is 11.0. The van der Waals surface area contributed by atoms with Gasteiger partial charge in [0.1, 0.15) is 11.9 Å². The fourth-order valence-electron chi connectivity index (χ4n) is 4.49. The Morgan fingerprint density at radius 1 is 1.29 bits per heavy atom. The molecule has 0 bridgehead atoms. The number of aliphatic hydroxyl groups is 1. The van der Waals surface area contributed by atoms with Gasteiger partial charge in [-0.05, 0) is 67.5 Å². The zero-order chi connectivity index (χ0) is 22.4. The number of aliphatic hydroxyl groups excluding tert-OH is 1. The van der Waals surface area contributed by atoms with Crippen LogP contribution < -0.4 is 4.74 Å². The summed E-state index contributed by atoms with van der Waals surface area (Å²) in [4.78, 5) is 6.82. The van der Waals surface area contributed by atoms with Gasteiger partial charge in [-0.15, -0.1) is 0 Å². The molecule has 1 N–H and O–H groups in total. The molecule has 0 radical (unpaired) electrons. The first kappa shape index (κ1) is 24.3. The molecule has 4 nitrogen and oxygen atoms in total. The molecule has 1 aliphatic rings. The Morgan fingerprint density at radius 2 is 2.10 bits per heavy atom. The number of rotatable bonds is 9. The fourth-order valence-corrected chi connectivity index (χ4v) is 5.45. The Morgan fingerprint density at radius 3 is 2.81 bits per heavy atom. The van der Waals surface area contributed by atoms with E-state index in [0.29, 0.717) is 23.7 Å². The van der Waals surface area contributed by atoms with Gasteiger partial charge in [-0.1, -0.05) is 20.8 Å². The molecule has 2 aromatic rings. The summed E-state index contributed by atoms with van der Waals surface area (Å²) in [5.41, 5.74) is 1.47. The van der Waals surface area contributed by atoms with Crippen molar-refractivity contribution in [3.8, 4) is 5.75 Å². The number of thioether (sulfide) groups is 1. The van der Waals surface area contributed by atoms with Crippen LogP contribution in [0.3, 0.4) is 0 Å². The molecule has 1 saturated heterocycles. The van der Waals surface area contributed by atoms with Gasteiger partial charge in [-0.2, -0.15) is 11.8 Å². The number of alkyl halides is 1. The molecule has 1 aromatic carbocycles. The van der Waals surface area contributed by atoms with Gasteiger partial charge < -0.3 is 14.7 Å². The van der Waals surface area contributed by atoms with Crippen molar-refractivity contribution in [2.45, 2.75) is 51.0 Å². The summed E-state index contributed by atoms with van der Waals surface area (Å²) in [5, 5.41) is 10.8. The zero-order valence-electron chi connectivity index (χ0n) is 19.3. The van der Waals surface area contributed by atoms with E-state index in [4.69, 9.17) is 4.74 Å². The van der Waals surface area contributed by atoms with Gasteiger partial charge in [-0.3, -0.25) is 4.98 Å². The molecule has 0 amide bonds. The van der Waals surface area contributed by atoms with Crippen LogP contribution in [0, 0.1) is 11.8 Å². The van der Waals surface area contributed by atoms with Crippen LogP contribution in [0.1, 0.15) is 51.8 Å². The van der Waals surface area contributed by atoms with Crippen LogP contribution in [0.15, 0.2) is 30.5 Å². The van der Waals surface area contributed by atoms with E-state index in [-0.39, 0.29) is 17.3 Å². The third-order valence-electron chi connectivity index (χ3n) is 6.26. The largest absolute Gasteiger partial charge is 0.497 e. The van der Waals surface area contributed by atoms with E-state index < -0.39 is 6.17 Å². The summed E-state index contributed by atoms with van der Waals surface area (Å²) in [7, 11) is 1.62. The second-order valence-electron chi connectivity index (χ2n) is 9.58. The lowest BCUT2D eigenvalue weighted by molar-refractivity contribution is 0.0672. The van der Waals surface area contributed by atoms with E-state index in [1.54, 1.807) is 19.4 Å². The molecule has 1 fully saturated rings. The minimum Gasteiger partial charge on any atom is -0.497 e. The smallest absolute Gasteiger partial charge is 0.126 e. The van der Waals surface area contributed by atoms with Crippen molar-refractivity contribution in [3.05, 3.63) is 36.0 Å². The number of aromatic nitrogens is 1. The Labute approximate surface area is 190 Å². The summed E-state index contributed by atoms with van der Waals surface area (Å²) in [5.74, 6) is 2.43. The summed E-state index contributed by atoms with van der Waals surface area (Å²) >= 11 is 1.98. The lowest BCUT2D eigenvalue weighted by atomic mass is 9.81. The summed E-state index contributed by atoms with van der Waals surface area (Å²) < 4.78 is 20.9. The molecule has 0 saturated carbocycles. The van der Waals surface area contributed by atoms with Gasteiger partial charge in [0.2, 0.25) is 0 Å². The monoisotopic (exact) mass is 448 g/mol. The Hall–Kier alpha value is -1.37. The Bertz CT molecular complexity index is 842. The standard InChI is InChI=1S/C25H37FN2O2S/c1-25(2,3)31-14-13-28-12-10-18(19(16-28)17-29)5-7-23(26)21-9-11-27-24-8-6-20(30-4)15-22(21)24/h6,8-9,11,15,18-19,23,29H,5,7,10,12-14,16-17H2,1-4H3/t18-,19-,23?/m1/s1. The number of benzene rings is 1.